The Kier molecular flexibility index (Phi) is 4.73. The maximum absolute atomic E-state index is 6.49. The van der Waals surface area contributed by atoms with Crippen molar-refractivity contribution in [2.45, 2.75) is 63.0 Å². The average molecular weight is 451 g/mol. The number of aromatic nitrogens is 2. The van der Waals surface area contributed by atoms with Crippen molar-refractivity contribution < 1.29 is 13.9 Å². The van der Waals surface area contributed by atoms with Crippen LogP contribution in [0.25, 0.3) is 0 Å². The van der Waals surface area contributed by atoms with Crippen molar-refractivity contribution in [2.24, 2.45) is 10.8 Å². The number of ether oxygens (including phenoxy) is 2. The Hall–Kier alpha value is -2.12. The standard InChI is InChI=1S/C26H34N4O3/c1-2-4-23(33-21-12-26(13-21)16-31-17-26)22(3-1)19-6-9-29(10-7-19)20-5-8-25(11-20)14-30(15-25)24-28-27-18-32-24/h1-4,18-21H,5-17H2/t20-/m1/s1. The molecule has 7 heteroatoms. The second-order valence-electron chi connectivity index (χ2n) is 11.5. The van der Waals surface area contributed by atoms with Gasteiger partial charge < -0.3 is 23.7 Å². The summed E-state index contributed by atoms with van der Waals surface area (Å²) in [6, 6.07) is 10.2. The lowest BCUT2D eigenvalue weighted by molar-refractivity contribution is -0.191. The topological polar surface area (TPSA) is 63.9 Å². The van der Waals surface area contributed by atoms with Gasteiger partial charge in [-0.15, -0.1) is 5.10 Å². The molecule has 5 fully saturated rings. The number of anilines is 1. The van der Waals surface area contributed by atoms with Crippen molar-refractivity contribution in [2.75, 3.05) is 44.3 Å². The first-order valence-electron chi connectivity index (χ1n) is 12.8. The van der Waals surface area contributed by atoms with E-state index >= 15 is 0 Å². The smallest absolute Gasteiger partial charge is 0.317 e. The molecule has 0 amide bonds. The zero-order valence-corrected chi connectivity index (χ0v) is 19.3. The summed E-state index contributed by atoms with van der Waals surface area (Å²) >= 11 is 0. The van der Waals surface area contributed by atoms with Gasteiger partial charge in [0.15, 0.2) is 0 Å². The van der Waals surface area contributed by atoms with Crippen LogP contribution in [-0.4, -0.2) is 66.6 Å². The van der Waals surface area contributed by atoms with Crippen LogP contribution in [-0.2, 0) is 4.74 Å². The predicted octanol–water partition coefficient (Wildman–Crippen LogP) is 3.87. The summed E-state index contributed by atoms with van der Waals surface area (Å²) in [4.78, 5) is 5.01. The maximum atomic E-state index is 6.49. The van der Waals surface area contributed by atoms with Gasteiger partial charge in [0.2, 0.25) is 6.39 Å². The maximum Gasteiger partial charge on any atom is 0.317 e. The van der Waals surface area contributed by atoms with Crippen molar-refractivity contribution >= 4 is 6.01 Å². The van der Waals surface area contributed by atoms with Crippen molar-refractivity contribution in [1.29, 1.82) is 0 Å². The van der Waals surface area contributed by atoms with Crippen LogP contribution in [0.5, 0.6) is 5.75 Å². The van der Waals surface area contributed by atoms with E-state index in [2.05, 4.69) is 44.3 Å². The van der Waals surface area contributed by atoms with Gasteiger partial charge in [0.05, 0.1) is 13.2 Å². The molecule has 3 saturated heterocycles. The van der Waals surface area contributed by atoms with Gasteiger partial charge in [-0.05, 0) is 75.6 Å². The summed E-state index contributed by atoms with van der Waals surface area (Å²) in [5, 5.41) is 7.89. The van der Waals surface area contributed by atoms with Crippen molar-refractivity contribution in [3.63, 3.8) is 0 Å². The van der Waals surface area contributed by atoms with Gasteiger partial charge in [0.1, 0.15) is 11.9 Å². The highest BCUT2D eigenvalue weighted by atomic mass is 16.5. The first-order chi connectivity index (χ1) is 16.2. The highest BCUT2D eigenvalue weighted by Gasteiger charge is 2.52. The van der Waals surface area contributed by atoms with Gasteiger partial charge in [-0.3, -0.25) is 0 Å². The lowest BCUT2D eigenvalue weighted by atomic mass is 9.65. The SMILES string of the molecule is c1ccc(C2CCN([C@@H]3CCC4(C3)CN(c3nnco3)C4)CC2)c(OC2CC3(COC3)C2)c1. The summed E-state index contributed by atoms with van der Waals surface area (Å²) < 4.78 is 17.3. The number of likely N-dealkylation sites (tertiary alicyclic amines) is 1. The van der Waals surface area contributed by atoms with Gasteiger partial charge in [-0.2, -0.15) is 0 Å². The minimum absolute atomic E-state index is 0.374. The molecule has 7 nitrogen and oxygen atoms in total. The Bertz CT molecular complexity index is 969. The third-order valence-corrected chi connectivity index (χ3v) is 9.18. The minimum Gasteiger partial charge on any atom is -0.490 e. The van der Waals surface area contributed by atoms with E-state index in [1.54, 1.807) is 0 Å². The third-order valence-electron chi connectivity index (χ3n) is 9.18. The normalized spacial score (nSPS) is 29.1. The van der Waals surface area contributed by atoms with E-state index < -0.39 is 0 Å². The Morgan fingerprint density at radius 1 is 0.970 bits per heavy atom. The van der Waals surface area contributed by atoms with Crippen LogP contribution in [0.15, 0.2) is 35.1 Å². The molecule has 1 aromatic carbocycles. The van der Waals surface area contributed by atoms with E-state index in [1.807, 2.05) is 0 Å². The van der Waals surface area contributed by atoms with E-state index in [-0.39, 0.29) is 0 Å². The van der Waals surface area contributed by atoms with Crippen LogP contribution in [0.2, 0.25) is 0 Å². The van der Waals surface area contributed by atoms with Crippen LogP contribution in [0.1, 0.15) is 56.4 Å². The number of hydrogen-bond acceptors (Lipinski definition) is 7. The Balaban J connectivity index is 0.932. The molecule has 3 aliphatic heterocycles. The summed E-state index contributed by atoms with van der Waals surface area (Å²) in [5.41, 5.74) is 2.34. The number of nitrogens with zero attached hydrogens (tertiary/aromatic N) is 4. The fourth-order valence-corrected chi connectivity index (χ4v) is 7.28. The Morgan fingerprint density at radius 2 is 1.79 bits per heavy atom. The molecule has 1 aromatic heterocycles. The molecule has 1 atom stereocenters. The fraction of sp³-hybridized carbons (Fsp3) is 0.692. The molecule has 2 saturated carbocycles. The van der Waals surface area contributed by atoms with E-state index in [9.17, 15) is 0 Å². The van der Waals surface area contributed by atoms with Crippen LogP contribution in [0, 0.1) is 10.8 Å². The fourth-order valence-electron chi connectivity index (χ4n) is 7.28. The monoisotopic (exact) mass is 450 g/mol. The first-order valence-corrected chi connectivity index (χ1v) is 12.8. The van der Waals surface area contributed by atoms with Gasteiger partial charge in [0, 0.05) is 30.0 Å². The average Bonchev–Trinajstić information content (AvgIpc) is 3.44. The number of hydrogen-bond donors (Lipinski definition) is 0. The highest BCUT2D eigenvalue weighted by molar-refractivity contribution is 5.37. The van der Waals surface area contributed by atoms with E-state index in [0.29, 0.717) is 28.9 Å². The number of para-hydroxylation sites is 1. The molecule has 7 rings (SSSR count). The summed E-state index contributed by atoms with van der Waals surface area (Å²) in [6.45, 7) is 6.42. The van der Waals surface area contributed by atoms with Crippen molar-refractivity contribution in [1.82, 2.24) is 15.1 Å². The van der Waals surface area contributed by atoms with Crippen molar-refractivity contribution in [3.8, 4) is 5.75 Å². The molecule has 2 spiro atoms. The highest BCUT2D eigenvalue weighted by Crippen LogP contribution is 2.50. The molecule has 2 aliphatic carbocycles. The molecule has 5 aliphatic rings. The molecular weight excluding hydrogens is 416 g/mol. The van der Waals surface area contributed by atoms with Crippen molar-refractivity contribution in [3.05, 3.63) is 36.2 Å². The first kappa shape index (κ1) is 20.3. The van der Waals surface area contributed by atoms with E-state index in [4.69, 9.17) is 13.9 Å². The third kappa shape index (κ3) is 3.55. The largest absolute Gasteiger partial charge is 0.490 e. The van der Waals surface area contributed by atoms with Gasteiger partial charge in [-0.1, -0.05) is 23.3 Å². The number of piperidine rings is 1. The second-order valence-corrected chi connectivity index (χ2v) is 11.5. The molecule has 4 heterocycles. The molecule has 0 unspecified atom stereocenters. The Morgan fingerprint density at radius 3 is 2.52 bits per heavy atom. The second kappa shape index (κ2) is 7.70. The zero-order chi connectivity index (χ0) is 21.9. The Labute approximate surface area is 195 Å². The van der Waals surface area contributed by atoms with Crippen LogP contribution >= 0.6 is 0 Å². The minimum atomic E-state index is 0.374. The quantitative estimate of drug-likeness (QED) is 0.685. The summed E-state index contributed by atoms with van der Waals surface area (Å²) in [6.07, 6.45) is 10.6. The van der Waals surface area contributed by atoms with Crippen LogP contribution in [0.4, 0.5) is 6.01 Å². The number of benzene rings is 1. The van der Waals surface area contributed by atoms with Gasteiger partial charge >= 0.3 is 6.01 Å². The lowest BCUT2D eigenvalue weighted by Gasteiger charge is -2.52. The van der Waals surface area contributed by atoms with Gasteiger partial charge in [0.25, 0.3) is 0 Å². The molecule has 0 bridgehead atoms. The molecular formula is C26H34N4O3. The molecule has 0 radical (unpaired) electrons. The summed E-state index contributed by atoms with van der Waals surface area (Å²) in [5.74, 6) is 1.75. The van der Waals surface area contributed by atoms with Crippen LogP contribution in [0.3, 0.4) is 0 Å². The van der Waals surface area contributed by atoms with Crippen LogP contribution < -0.4 is 9.64 Å². The molecule has 0 N–H and O–H groups in total. The molecule has 2 aromatic rings. The van der Waals surface area contributed by atoms with Gasteiger partial charge in [-0.25, -0.2) is 0 Å². The zero-order valence-electron chi connectivity index (χ0n) is 19.3. The number of rotatable bonds is 5. The lowest BCUT2D eigenvalue weighted by Crippen LogP contribution is -2.56. The van der Waals surface area contributed by atoms with E-state index in [0.717, 1.165) is 50.9 Å². The molecule has 33 heavy (non-hydrogen) atoms. The predicted molar refractivity (Wildman–Crippen MR) is 123 cm³/mol. The molecule has 176 valence electrons. The van der Waals surface area contributed by atoms with E-state index in [1.165, 1.54) is 57.2 Å². The summed E-state index contributed by atoms with van der Waals surface area (Å²) in [7, 11) is 0.